The molecule has 232 valence electrons. The number of ether oxygens (including phenoxy) is 8. The molecule has 0 aromatic heterocycles. The largest absolute Gasteiger partial charge is 0.497 e. The first-order valence-electron chi connectivity index (χ1n) is 14.3. The molecule has 8 heteroatoms. The van der Waals surface area contributed by atoms with Gasteiger partial charge in [0.15, 0.2) is 23.0 Å². The van der Waals surface area contributed by atoms with Crippen molar-refractivity contribution >= 4 is 0 Å². The Bertz CT molecular complexity index is 1440. The molecule has 4 aromatic rings. The molecular formula is C36H40O8. The molecule has 0 aliphatic heterocycles. The van der Waals surface area contributed by atoms with Crippen LogP contribution < -0.4 is 37.9 Å². The Morgan fingerprint density at radius 1 is 0.295 bits per heavy atom. The van der Waals surface area contributed by atoms with Gasteiger partial charge in [-0.15, -0.1) is 0 Å². The monoisotopic (exact) mass is 600 g/mol. The molecule has 1 saturated carbocycles. The van der Waals surface area contributed by atoms with Crippen LogP contribution in [-0.2, 0) is 0 Å². The molecule has 0 heterocycles. The fourth-order valence-corrected chi connectivity index (χ4v) is 6.57. The van der Waals surface area contributed by atoms with Crippen LogP contribution in [0.5, 0.6) is 46.0 Å². The van der Waals surface area contributed by atoms with E-state index in [1.54, 1.807) is 56.9 Å². The molecular weight excluding hydrogens is 560 g/mol. The van der Waals surface area contributed by atoms with Crippen molar-refractivity contribution in [3.63, 3.8) is 0 Å². The van der Waals surface area contributed by atoms with E-state index in [0.717, 1.165) is 45.3 Å². The number of benzene rings is 4. The van der Waals surface area contributed by atoms with Crippen LogP contribution in [0.2, 0.25) is 0 Å². The average Bonchev–Trinajstić information content (AvgIpc) is 3.07. The van der Waals surface area contributed by atoms with Gasteiger partial charge in [-0.1, -0.05) is 12.1 Å². The Morgan fingerprint density at radius 3 is 0.864 bits per heavy atom. The zero-order valence-corrected chi connectivity index (χ0v) is 26.5. The summed E-state index contributed by atoms with van der Waals surface area (Å²) in [6.07, 6.45) is 0. The molecule has 0 radical (unpaired) electrons. The van der Waals surface area contributed by atoms with Crippen LogP contribution in [0.4, 0.5) is 0 Å². The fraction of sp³-hybridized carbons (Fsp3) is 0.333. The van der Waals surface area contributed by atoms with E-state index >= 15 is 0 Å². The maximum atomic E-state index is 5.75. The van der Waals surface area contributed by atoms with Crippen LogP contribution in [0, 0.1) is 0 Å². The summed E-state index contributed by atoms with van der Waals surface area (Å²) in [5.41, 5.74) is 4.40. The summed E-state index contributed by atoms with van der Waals surface area (Å²) in [4.78, 5) is 0. The van der Waals surface area contributed by atoms with Crippen molar-refractivity contribution in [1.29, 1.82) is 0 Å². The van der Waals surface area contributed by atoms with E-state index in [9.17, 15) is 0 Å². The summed E-state index contributed by atoms with van der Waals surface area (Å²) in [5, 5.41) is 0. The van der Waals surface area contributed by atoms with Crippen LogP contribution >= 0.6 is 0 Å². The van der Waals surface area contributed by atoms with Gasteiger partial charge in [0.2, 0.25) is 0 Å². The lowest BCUT2D eigenvalue weighted by Crippen LogP contribution is -2.40. The van der Waals surface area contributed by atoms with Gasteiger partial charge in [0.1, 0.15) is 23.0 Å². The molecule has 0 amide bonds. The van der Waals surface area contributed by atoms with Crippen molar-refractivity contribution in [2.45, 2.75) is 23.7 Å². The average molecular weight is 601 g/mol. The minimum absolute atomic E-state index is 0.00649. The zero-order valence-electron chi connectivity index (χ0n) is 26.5. The van der Waals surface area contributed by atoms with E-state index in [1.165, 1.54) is 0 Å². The lowest BCUT2D eigenvalue weighted by atomic mass is 9.49. The van der Waals surface area contributed by atoms with Crippen LogP contribution in [0.15, 0.2) is 72.8 Å². The predicted molar refractivity (Wildman–Crippen MR) is 169 cm³/mol. The van der Waals surface area contributed by atoms with Gasteiger partial charge in [0.05, 0.1) is 56.9 Å². The molecule has 4 atom stereocenters. The minimum atomic E-state index is 0.00649. The summed E-state index contributed by atoms with van der Waals surface area (Å²) in [7, 11) is 13.3. The Balaban J connectivity index is 1.79. The van der Waals surface area contributed by atoms with E-state index in [1.807, 2.05) is 24.3 Å². The molecule has 1 fully saturated rings. The quantitative estimate of drug-likeness (QED) is 0.169. The highest BCUT2D eigenvalue weighted by molar-refractivity contribution is 5.56. The van der Waals surface area contributed by atoms with Gasteiger partial charge in [-0.3, -0.25) is 0 Å². The third-order valence-corrected chi connectivity index (χ3v) is 8.65. The van der Waals surface area contributed by atoms with Gasteiger partial charge >= 0.3 is 0 Å². The molecule has 4 unspecified atom stereocenters. The van der Waals surface area contributed by atoms with Crippen LogP contribution in [-0.4, -0.2) is 56.9 Å². The van der Waals surface area contributed by atoms with E-state index in [2.05, 4.69) is 48.5 Å². The topological polar surface area (TPSA) is 73.8 Å². The van der Waals surface area contributed by atoms with Gasteiger partial charge in [0.25, 0.3) is 0 Å². The summed E-state index contributed by atoms with van der Waals surface area (Å²) >= 11 is 0. The van der Waals surface area contributed by atoms with Gasteiger partial charge in [-0.2, -0.15) is 0 Å². The molecule has 1 aliphatic rings. The van der Waals surface area contributed by atoms with E-state index in [0.29, 0.717) is 23.0 Å². The third-order valence-electron chi connectivity index (χ3n) is 8.65. The Labute approximate surface area is 259 Å². The van der Waals surface area contributed by atoms with Crippen molar-refractivity contribution in [3.05, 3.63) is 95.1 Å². The molecule has 0 N–H and O–H groups in total. The Morgan fingerprint density at radius 2 is 0.591 bits per heavy atom. The van der Waals surface area contributed by atoms with Gasteiger partial charge in [-0.25, -0.2) is 0 Å². The van der Waals surface area contributed by atoms with E-state index in [-0.39, 0.29) is 23.7 Å². The first kappa shape index (κ1) is 30.7. The Kier molecular flexibility index (Phi) is 9.28. The van der Waals surface area contributed by atoms with Crippen LogP contribution in [0.3, 0.4) is 0 Å². The summed E-state index contributed by atoms with van der Waals surface area (Å²) in [6.45, 7) is 0. The van der Waals surface area contributed by atoms with Crippen molar-refractivity contribution in [3.8, 4) is 46.0 Å². The van der Waals surface area contributed by atoms with Gasteiger partial charge in [-0.05, 0) is 94.5 Å². The highest BCUT2D eigenvalue weighted by Gasteiger charge is 2.53. The first-order valence-corrected chi connectivity index (χ1v) is 14.3. The summed E-state index contributed by atoms with van der Waals surface area (Å²) < 4.78 is 45.6. The fourth-order valence-electron chi connectivity index (χ4n) is 6.57. The zero-order chi connectivity index (χ0) is 31.4. The molecule has 5 rings (SSSR count). The van der Waals surface area contributed by atoms with Crippen molar-refractivity contribution in [2.75, 3.05) is 56.9 Å². The molecule has 0 bridgehead atoms. The second-order valence-corrected chi connectivity index (χ2v) is 10.6. The summed E-state index contributed by atoms with van der Waals surface area (Å²) in [6, 6.07) is 24.5. The van der Waals surface area contributed by atoms with Crippen LogP contribution in [0.25, 0.3) is 0 Å². The maximum Gasteiger partial charge on any atom is 0.160 e. The molecule has 44 heavy (non-hydrogen) atoms. The Hall–Kier alpha value is -4.72. The number of rotatable bonds is 12. The second-order valence-electron chi connectivity index (χ2n) is 10.6. The number of methoxy groups -OCH3 is 8. The standard InChI is InChI=1S/C36H40O8/c1-37-25-13-23(14-26(19-25)38-2)35-33(21-9-11-29(41-5)31(17-21)43-7)34(22-10-12-30(42-6)32(18-22)44-8)36(35)24-15-27(39-3)20-28(16-24)40-4/h9-20,33-36H,1-8H3. The van der Waals surface area contributed by atoms with Gasteiger partial charge < -0.3 is 37.9 Å². The van der Waals surface area contributed by atoms with Crippen molar-refractivity contribution < 1.29 is 37.9 Å². The third kappa shape index (κ3) is 5.64. The first-order chi connectivity index (χ1) is 21.4. The van der Waals surface area contributed by atoms with Crippen LogP contribution in [0.1, 0.15) is 45.9 Å². The lowest BCUT2D eigenvalue weighted by Gasteiger charge is -2.54. The molecule has 0 saturated heterocycles. The highest BCUT2D eigenvalue weighted by atomic mass is 16.5. The molecule has 8 nitrogen and oxygen atoms in total. The predicted octanol–water partition coefficient (Wildman–Crippen LogP) is 7.20. The van der Waals surface area contributed by atoms with E-state index < -0.39 is 0 Å². The SMILES string of the molecule is COc1cc(OC)cc(C2C(c3cc(OC)cc(OC)c3)C(c3ccc(OC)c(OC)c3)C2c2ccc(OC)c(OC)c2)c1. The number of hydrogen-bond donors (Lipinski definition) is 0. The van der Waals surface area contributed by atoms with Crippen molar-refractivity contribution in [2.24, 2.45) is 0 Å². The van der Waals surface area contributed by atoms with Crippen molar-refractivity contribution in [1.82, 2.24) is 0 Å². The lowest BCUT2D eigenvalue weighted by molar-refractivity contribution is 0.225. The number of hydrogen-bond acceptors (Lipinski definition) is 8. The smallest absolute Gasteiger partial charge is 0.160 e. The van der Waals surface area contributed by atoms with E-state index in [4.69, 9.17) is 37.9 Å². The molecule has 0 spiro atoms. The molecule has 1 aliphatic carbocycles. The van der Waals surface area contributed by atoms with Gasteiger partial charge in [0, 0.05) is 12.1 Å². The summed E-state index contributed by atoms with van der Waals surface area (Å²) in [5.74, 6) is 5.64. The minimum Gasteiger partial charge on any atom is -0.497 e. The molecule has 4 aromatic carbocycles. The maximum absolute atomic E-state index is 5.75. The second kappa shape index (κ2) is 13.3. The normalized spacial score (nSPS) is 18.9. The highest BCUT2D eigenvalue weighted by Crippen LogP contribution is 2.68.